The maximum Gasteiger partial charge on any atom is 0.101 e. The van der Waals surface area contributed by atoms with Gasteiger partial charge in [-0.15, -0.1) is 0 Å². The summed E-state index contributed by atoms with van der Waals surface area (Å²) in [6, 6.07) is 13.2. The highest BCUT2D eigenvalue weighted by atomic mass is 15.1. The van der Waals surface area contributed by atoms with Crippen LogP contribution < -0.4 is 4.90 Å². The SMILES string of the molecule is CN(c1ccccc1C#N)c1cnccc1C#N. The molecule has 1 heterocycles. The van der Waals surface area contributed by atoms with Crippen molar-refractivity contribution in [2.45, 2.75) is 0 Å². The van der Waals surface area contributed by atoms with E-state index in [0.29, 0.717) is 16.8 Å². The Labute approximate surface area is 105 Å². The fourth-order valence-electron chi connectivity index (χ4n) is 1.74. The molecule has 0 aliphatic carbocycles. The molecule has 0 amide bonds. The molecule has 0 N–H and O–H groups in total. The standard InChI is InChI=1S/C14H10N4/c1-18(13-5-3-2-4-11(13)8-15)14-10-17-7-6-12(14)9-16/h2-7,10H,1H3. The molecule has 0 aliphatic heterocycles. The molecule has 18 heavy (non-hydrogen) atoms. The van der Waals surface area contributed by atoms with Gasteiger partial charge < -0.3 is 4.90 Å². The first-order valence-corrected chi connectivity index (χ1v) is 5.35. The second kappa shape index (κ2) is 4.99. The van der Waals surface area contributed by atoms with Crippen LogP contribution in [-0.4, -0.2) is 12.0 Å². The van der Waals surface area contributed by atoms with Crippen LogP contribution >= 0.6 is 0 Å². The van der Waals surface area contributed by atoms with E-state index in [9.17, 15) is 0 Å². The Hall–Kier alpha value is -2.85. The molecule has 0 fully saturated rings. The molecule has 2 aromatic rings. The lowest BCUT2D eigenvalue weighted by Crippen LogP contribution is -2.12. The van der Waals surface area contributed by atoms with Crippen LogP contribution in [0, 0.1) is 22.7 Å². The molecule has 0 bridgehead atoms. The van der Waals surface area contributed by atoms with Gasteiger partial charge in [0.1, 0.15) is 12.1 Å². The second-order valence-corrected chi connectivity index (χ2v) is 3.69. The highest BCUT2D eigenvalue weighted by Crippen LogP contribution is 2.28. The largest absolute Gasteiger partial charge is 0.341 e. The van der Waals surface area contributed by atoms with E-state index in [2.05, 4.69) is 17.1 Å². The van der Waals surface area contributed by atoms with E-state index in [1.54, 1.807) is 29.4 Å². The fourth-order valence-corrected chi connectivity index (χ4v) is 1.74. The summed E-state index contributed by atoms with van der Waals surface area (Å²) in [7, 11) is 1.81. The van der Waals surface area contributed by atoms with Crippen molar-refractivity contribution in [3.63, 3.8) is 0 Å². The molecule has 1 aromatic carbocycles. The van der Waals surface area contributed by atoms with Gasteiger partial charge in [-0.1, -0.05) is 12.1 Å². The van der Waals surface area contributed by atoms with Crippen LogP contribution in [0.5, 0.6) is 0 Å². The molecule has 0 spiro atoms. The summed E-state index contributed by atoms with van der Waals surface area (Å²) < 4.78 is 0. The maximum absolute atomic E-state index is 9.08. The van der Waals surface area contributed by atoms with Crippen molar-refractivity contribution in [3.8, 4) is 12.1 Å². The third-order valence-electron chi connectivity index (χ3n) is 2.67. The summed E-state index contributed by atoms with van der Waals surface area (Å²) >= 11 is 0. The van der Waals surface area contributed by atoms with Gasteiger partial charge in [0.25, 0.3) is 0 Å². The van der Waals surface area contributed by atoms with Crippen LogP contribution in [0.25, 0.3) is 0 Å². The highest BCUT2D eigenvalue weighted by Gasteiger charge is 2.12. The minimum Gasteiger partial charge on any atom is -0.341 e. The van der Waals surface area contributed by atoms with E-state index in [1.807, 2.05) is 25.2 Å². The van der Waals surface area contributed by atoms with Gasteiger partial charge in [-0.25, -0.2) is 0 Å². The number of benzene rings is 1. The lowest BCUT2D eigenvalue weighted by molar-refractivity contribution is 1.16. The third-order valence-corrected chi connectivity index (χ3v) is 2.67. The molecule has 4 heteroatoms. The number of aromatic nitrogens is 1. The first-order chi connectivity index (χ1) is 8.77. The number of rotatable bonds is 2. The topological polar surface area (TPSA) is 63.7 Å². The zero-order valence-corrected chi connectivity index (χ0v) is 9.83. The van der Waals surface area contributed by atoms with Gasteiger partial charge in [-0.05, 0) is 18.2 Å². The predicted molar refractivity (Wildman–Crippen MR) is 68.2 cm³/mol. The Morgan fingerprint density at radius 2 is 1.67 bits per heavy atom. The monoisotopic (exact) mass is 234 g/mol. The van der Waals surface area contributed by atoms with E-state index in [0.717, 1.165) is 5.69 Å². The number of pyridine rings is 1. The van der Waals surface area contributed by atoms with E-state index in [1.165, 1.54) is 0 Å². The molecule has 0 radical (unpaired) electrons. The van der Waals surface area contributed by atoms with Crippen molar-refractivity contribution in [1.29, 1.82) is 10.5 Å². The third kappa shape index (κ3) is 2.00. The maximum atomic E-state index is 9.08. The lowest BCUT2D eigenvalue weighted by atomic mass is 10.1. The zero-order valence-electron chi connectivity index (χ0n) is 9.83. The minimum absolute atomic E-state index is 0.528. The number of anilines is 2. The van der Waals surface area contributed by atoms with Gasteiger partial charge in [0.15, 0.2) is 0 Å². The van der Waals surface area contributed by atoms with Crippen LogP contribution in [0.4, 0.5) is 11.4 Å². The summed E-state index contributed by atoms with van der Waals surface area (Å²) in [5.74, 6) is 0. The summed E-state index contributed by atoms with van der Waals surface area (Å²) in [4.78, 5) is 5.82. The molecule has 0 saturated heterocycles. The average molecular weight is 234 g/mol. The summed E-state index contributed by atoms with van der Waals surface area (Å²) in [5.41, 5.74) is 2.53. The van der Waals surface area contributed by atoms with Crippen LogP contribution in [0.15, 0.2) is 42.7 Å². The van der Waals surface area contributed by atoms with Gasteiger partial charge in [0.05, 0.1) is 28.7 Å². The second-order valence-electron chi connectivity index (χ2n) is 3.69. The minimum atomic E-state index is 0.528. The Morgan fingerprint density at radius 3 is 2.39 bits per heavy atom. The zero-order chi connectivity index (χ0) is 13.0. The molecule has 86 valence electrons. The van der Waals surface area contributed by atoms with Gasteiger partial charge in [0, 0.05) is 13.2 Å². The molecule has 0 saturated carbocycles. The van der Waals surface area contributed by atoms with Crippen molar-refractivity contribution in [2.24, 2.45) is 0 Å². The Bertz CT molecular complexity index is 592. The van der Waals surface area contributed by atoms with Crippen molar-refractivity contribution >= 4 is 11.4 Å². The summed E-state index contributed by atoms with van der Waals surface area (Å²) in [5, 5.41) is 18.2. The van der Waals surface area contributed by atoms with Crippen LogP contribution in [0.1, 0.15) is 11.1 Å². The van der Waals surface area contributed by atoms with Crippen molar-refractivity contribution in [1.82, 2.24) is 4.98 Å². The summed E-state index contributed by atoms with van der Waals surface area (Å²) in [6.07, 6.45) is 3.19. The fraction of sp³-hybridized carbons (Fsp3) is 0.0714. The first-order valence-electron chi connectivity index (χ1n) is 5.35. The lowest BCUT2D eigenvalue weighted by Gasteiger charge is -2.21. The van der Waals surface area contributed by atoms with Gasteiger partial charge >= 0.3 is 0 Å². The normalized spacial score (nSPS) is 9.28. The van der Waals surface area contributed by atoms with Gasteiger partial charge in [0.2, 0.25) is 0 Å². The van der Waals surface area contributed by atoms with Crippen LogP contribution in [-0.2, 0) is 0 Å². The summed E-state index contributed by atoms with van der Waals surface area (Å²) in [6.45, 7) is 0. The molecule has 1 aromatic heterocycles. The number of hydrogen-bond acceptors (Lipinski definition) is 4. The van der Waals surface area contributed by atoms with E-state index >= 15 is 0 Å². The molecule has 0 unspecified atom stereocenters. The smallest absolute Gasteiger partial charge is 0.101 e. The van der Waals surface area contributed by atoms with Crippen LogP contribution in [0.3, 0.4) is 0 Å². The van der Waals surface area contributed by atoms with Crippen molar-refractivity contribution < 1.29 is 0 Å². The van der Waals surface area contributed by atoms with Gasteiger partial charge in [-0.2, -0.15) is 10.5 Å². The first kappa shape index (κ1) is 11.6. The van der Waals surface area contributed by atoms with Gasteiger partial charge in [-0.3, -0.25) is 4.98 Å². The number of para-hydroxylation sites is 1. The van der Waals surface area contributed by atoms with E-state index in [-0.39, 0.29) is 0 Å². The van der Waals surface area contributed by atoms with Crippen molar-refractivity contribution in [3.05, 3.63) is 53.9 Å². The van der Waals surface area contributed by atoms with E-state index < -0.39 is 0 Å². The Morgan fingerprint density at radius 1 is 1.00 bits per heavy atom. The molecule has 0 aliphatic rings. The van der Waals surface area contributed by atoms with Crippen LogP contribution in [0.2, 0.25) is 0 Å². The Kier molecular flexibility index (Phi) is 3.22. The quantitative estimate of drug-likeness (QED) is 0.801. The average Bonchev–Trinajstić information content (AvgIpc) is 2.46. The molecule has 0 atom stereocenters. The number of nitrogens with zero attached hydrogens (tertiary/aromatic N) is 4. The molecular formula is C14H10N4. The molecular weight excluding hydrogens is 224 g/mol. The van der Waals surface area contributed by atoms with E-state index in [4.69, 9.17) is 10.5 Å². The highest BCUT2D eigenvalue weighted by molar-refractivity contribution is 5.71. The molecule has 2 rings (SSSR count). The predicted octanol–water partition coefficient (Wildman–Crippen LogP) is 2.59. The molecule has 4 nitrogen and oxygen atoms in total. The Balaban J connectivity index is 2.53. The number of nitriles is 2. The number of hydrogen-bond donors (Lipinski definition) is 0. The van der Waals surface area contributed by atoms with Crippen molar-refractivity contribution in [2.75, 3.05) is 11.9 Å².